The van der Waals surface area contributed by atoms with Crippen molar-refractivity contribution in [1.29, 1.82) is 0 Å². The van der Waals surface area contributed by atoms with E-state index in [4.69, 9.17) is 0 Å². The minimum atomic E-state index is -0.0683. The van der Waals surface area contributed by atoms with Gasteiger partial charge in [0, 0.05) is 36.9 Å². The van der Waals surface area contributed by atoms with Gasteiger partial charge in [-0.3, -0.25) is 4.79 Å². The van der Waals surface area contributed by atoms with Gasteiger partial charge in [-0.25, -0.2) is 4.98 Å². The first-order chi connectivity index (χ1) is 11.8. The van der Waals surface area contributed by atoms with E-state index in [2.05, 4.69) is 56.2 Å². The van der Waals surface area contributed by atoms with Crippen molar-refractivity contribution in [2.24, 2.45) is 12.5 Å². The fourth-order valence-electron chi connectivity index (χ4n) is 3.06. The van der Waals surface area contributed by atoms with Crippen molar-refractivity contribution in [2.75, 3.05) is 0 Å². The van der Waals surface area contributed by atoms with E-state index in [1.807, 2.05) is 28.4 Å². The second-order valence-corrected chi connectivity index (χ2v) is 7.80. The Kier molecular flexibility index (Phi) is 4.41. The average molecular weight is 338 g/mol. The van der Waals surface area contributed by atoms with Crippen molar-refractivity contribution in [3.8, 4) is 0 Å². The third kappa shape index (κ3) is 3.60. The van der Waals surface area contributed by atoms with E-state index in [1.165, 1.54) is 5.56 Å². The van der Waals surface area contributed by atoms with Crippen LogP contribution in [0.2, 0.25) is 0 Å². The molecular formula is C20H26N4O. The lowest BCUT2D eigenvalue weighted by Crippen LogP contribution is -2.46. The maximum Gasteiger partial charge on any atom is 0.268 e. The molecule has 5 nitrogen and oxygen atoms in total. The summed E-state index contributed by atoms with van der Waals surface area (Å²) in [7, 11) is 1.94. The zero-order valence-corrected chi connectivity index (χ0v) is 15.6. The van der Waals surface area contributed by atoms with Crippen LogP contribution in [-0.2, 0) is 13.6 Å². The quantitative estimate of drug-likeness (QED) is 0.791. The largest absolute Gasteiger partial charge is 0.346 e. The van der Waals surface area contributed by atoms with E-state index in [0.717, 1.165) is 10.9 Å². The first kappa shape index (κ1) is 17.3. The Labute approximate surface area is 148 Å². The molecule has 0 aliphatic rings. The summed E-state index contributed by atoms with van der Waals surface area (Å²) in [6.45, 7) is 9.17. The van der Waals surface area contributed by atoms with Gasteiger partial charge in [-0.2, -0.15) is 0 Å². The van der Waals surface area contributed by atoms with Crippen LogP contribution in [0.3, 0.4) is 0 Å². The molecule has 0 radical (unpaired) electrons. The van der Waals surface area contributed by atoms with E-state index in [9.17, 15) is 4.79 Å². The van der Waals surface area contributed by atoms with E-state index in [1.54, 1.807) is 12.5 Å². The topological polar surface area (TPSA) is 51.9 Å². The molecule has 1 amide bonds. The summed E-state index contributed by atoms with van der Waals surface area (Å²) in [6.07, 6.45) is 5.46. The summed E-state index contributed by atoms with van der Waals surface area (Å²) < 4.78 is 3.96. The van der Waals surface area contributed by atoms with Crippen molar-refractivity contribution < 1.29 is 4.79 Å². The summed E-state index contributed by atoms with van der Waals surface area (Å²) in [4.78, 5) is 17.0. The average Bonchev–Trinajstić information content (AvgIpc) is 3.13. The predicted molar refractivity (Wildman–Crippen MR) is 101 cm³/mol. The highest BCUT2D eigenvalue weighted by Crippen LogP contribution is 2.23. The fourth-order valence-corrected chi connectivity index (χ4v) is 3.06. The molecule has 1 unspecified atom stereocenters. The smallest absolute Gasteiger partial charge is 0.268 e. The van der Waals surface area contributed by atoms with E-state index in [-0.39, 0.29) is 17.4 Å². The minimum Gasteiger partial charge on any atom is -0.346 e. The summed E-state index contributed by atoms with van der Waals surface area (Å²) >= 11 is 0. The molecule has 0 aliphatic carbocycles. The predicted octanol–water partition coefficient (Wildman–Crippen LogP) is 3.53. The van der Waals surface area contributed by atoms with Crippen LogP contribution in [0.4, 0.5) is 0 Å². The number of hydrogen-bond donors (Lipinski definition) is 1. The van der Waals surface area contributed by atoms with Gasteiger partial charge in [-0.1, -0.05) is 32.4 Å². The molecule has 5 heteroatoms. The standard InChI is InChI=1S/C20H26N4O/c1-14-6-7-16-15(10-14)11-17(23(16)5)19(25)22-18(20(2,3)4)12-24-9-8-21-13-24/h6-11,13,18H,12H2,1-5H3,(H,22,25). The number of amides is 1. The van der Waals surface area contributed by atoms with Crippen molar-refractivity contribution in [3.05, 3.63) is 54.2 Å². The first-order valence-corrected chi connectivity index (χ1v) is 8.58. The summed E-state index contributed by atoms with van der Waals surface area (Å²) in [5.74, 6) is -0.0450. The summed E-state index contributed by atoms with van der Waals surface area (Å²) in [6, 6.07) is 8.21. The molecule has 0 saturated carbocycles. The second-order valence-electron chi connectivity index (χ2n) is 7.80. The third-order valence-corrected chi connectivity index (χ3v) is 4.73. The molecular weight excluding hydrogens is 312 g/mol. The van der Waals surface area contributed by atoms with Gasteiger partial charge >= 0.3 is 0 Å². The van der Waals surface area contributed by atoms with Gasteiger partial charge in [0.05, 0.1) is 12.4 Å². The molecule has 3 aromatic rings. The third-order valence-electron chi connectivity index (χ3n) is 4.73. The lowest BCUT2D eigenvalue weighted by Gasteiger charge is -2.31. The summed E-state index contributed by atoms with van der Waals surface area (Å²) in [5.41, 5.74) is 2.87. The van der Waals surface area contributed by atoms with Crippen LogP contribution in [0.15, 0.2) is 43.0 Å². The van der Waals surface area contributed by atoms with Crippen LogP contribution in [0.1, 0.15) is 36.8 Å². The monoisotopic (exact) mass is 338 g/mol. The lowest BCUT2D eigenvalue weighted by molar-refractivity contribution is 0.0884. The van der Waals surface area contributed by atoms with E-state index >= 15 is 0 Å². The molecule has 2 aromatic heterocycles. The Hall–Kier alpha value is -2.56. The zero-order chi connectivity index (χ0) is 18.2. The van der Waals surface area contributed by atoms with E-state index < -0.39 is 0 Å². The number of aryl methyl sites for hydroxylation is 2. The van der Waals surface area contributed by atoms with Crippen molar-refractivity contribution in [2.45, 2.75) is 40.3 Å². The fraction of sp³-hybridized carbons (Fsp3) is 0.400. The number of nitrogens with one attached hydrogen (secondary N) is 1. The van der Waals surface area contributed by atoms with Crippen molar-refractivity contribution in [1.82, 2.24) is 19.4 Å². The molecule has 0 spiro atoms. The molecule has 3 rings (SSSR count). The molecule has 2 heterocycles. The number of aromatic nitrogens is 3. The Morgan fingerprint density at radius 2 is 2.04 bits per heavy atom. The van der Waals surface area contributed by atoms with Crippen LogP contribution < -0.4 is 5.32 Å². The highest BCUT2D eigenvalue weighted by Gasteiger charge is 2.28. The van der Waals surface area contributed by atoms with Gasteiger partial charge in [0.1, 0.15) is 5.69 Å². The summed E-state index contributed by atoms with van der Waals surface area (Å²) in [5, 5.41) is 4.31. The number of fused-ring (bicyclic) bond motifs is 1. The van der Waals surface area contributed by atoms with Crippen molar-refractivity contribution >= 4 is 16.8 Å². The number of rotatable bonds is 4. The van der Waals surface area contributed by atoms with Crippen LogP contribution in [0.5, 0.6) is 0 Å². The van der Waals surface area contributed by atoms with Crippen LogP contribution in [0.25, 0.3) is 10.9 Å². The number of carbonyl (C=O) groups is 1. The highest BCUT2D eigenvalue weighted by atomic mass is 16.2. The Morgan fingerprint density at radius 1 is 1.28 bits per heavy atom. The second kappa shape index (κ2) is 6.39. The Balaban J connectivity index is 1.87. The van der Waals surface area contributed by atoms with Gasteiger partial charge in [0.15, 0.2) is 0 Å². The highest BCUT2D eigenvalue weighted by molar-refractivity contribution is 5.99. The molecule has 0 aliphatic heterocycles. The first-order valence-electron chi connectivity index (χ1n) is 8.58. The molecule has 0 fully saturated rings. The number of benzene rings is 1. The molecule has 1 atom stereocenters. The lowest BCUT2D eigenvalue weighted by atomic mass is 9.86. The van der Waals surface area contributed by atoms with Gasteiger partial charge in [0.2, 0.25) is 0 Å². The molecule has 1 aromatic carbocycles. The molecule has 25 heavy (non-hydrogen) atoms. The SMILES string of the molecule is Cc1ccc2c(c1)cc(C(=O)NC(Cn1ccnc1)C(C)(C)C)n2C. The normalized spacial score (nSPS) is 13.2. The van der Waals surface area contributed by atoms with Crippen LogP contribution in [-0.4, -0.2) is 26.1 Å². The number of carbonyl (C=O) groups excluding carboxylic acids is 1. The number of imidazole rings is 1. The van der Waals surface area contributed by atoms with Gasteiger partial charge in [-0.05, 0) is 30.5 Å². The minimum absolute atomic E-state index is 0.00560. The molecule has 1 N–H and O–H groups in total. The Bertz CT molecular complexity index is 884. The van der Waals surface area contributed by atoms with Crippen molar-refractivity contribution in [3.63, 3.8) is 0 Å². The Morgan fingerprint density at radius 3 is 2.68 bits per heavy atom. The van der Waals surface area contributed by atoms with E-state index in [0.29, 0.717) is 12.2 Å². The number of nitrogens with zero attached hydrogens (tertiary/aromatic N) is 3. The molecule has 132 valence electrons. The molecule has 0 saturated heterocycles. The zero-order valence-electron chi connectivity index (χ0n) is 15.6. The molecule has 0 bridgehead atoms. The number of hydrogen-bond acceptors (Lipinski definition) is 2. The van der Waals surface area contributed by atoms with Crippen LogP contribution >= 0.6 is 0 Å². The maximum absolute atomic E-state index is 12.9. The van der Waals surface area contributed by atoms with Gasteiger partial charge in [0.25, 0.3) is 5.91 Å². The van der Waals surface area contributed by atoms with Crippen LogP contribution in [0, 0.1) is 12.3 Å². The maximum atomic E-state index is 12.9. The van der Waals surface area contributed by atoms with Gasteiger partial charge < -0.3 is 14.5 Å². The van der Waals surface area contributed by atoms with Gasteiger partial charge in [-0.15, -0.1) is 0 Å².